The number of hydrogen-bond donors (Lipinski definition) is 1. The van der Waals surface area contributed by atoms with Crippen LogP contribution in [0, 0.1) is 27.2 Å². The second-order valence-electron chi connectivity index (χ2n) is 6.67. The van der Waals surface area contributed by atoms with E-state index in [2.05, 4.69) is 10.3 Å². The molecular weight excluding hydrogens is 404 g/mol. The number of carbonyl (C=O) groups excluding carboxylic acids is 1. The number of oxazole rings is 1. The summed E-state index contributed by atoms with van der Waals surface area (Å²) in [5.41, 5.74) is 1.32. The third-order valence-corrected chi connectivity index (χ3v) is 4.70. The number of hydrogen-bond acceptors (Lipinski definition) is 7. The van der Waals surface area contributed by atoms with E-state index >= 15 is 0 Å². The zero-order chi connectivity index (χ0) is 22.1. The molecule has 3 aromatic carbocycles. The van der Waals surface area contributed by atoms with Gasteiger partial charge in [-0.25, -0.2) is 4.98 Å². The van der Waals surface area contributed by atoms with Crippen molar-refractivity contribution in [2.75, 3.05) is 5.32 Å². The number of nitro benzene ring substituents is 2. The van der Waals surface area contributed by atoms with Crippen LogP contribution in [0.4, 0.5) is 17.1 Å². The molecule has 1 N–H and O–H groups in total. The number of amides is 1. The number of anilines is 1. The van der Waals surface area contributed by atoms with Crippen LogP contribution >= 0.6 is 0 Å². The number of para-hydroxylation sites is 2. The Bertz CT molecular complexity index is 1310. The third-order valence-electron chi connectivity index (χ3n) is 4.70. The van der Waals surface area contributed by atoms with Crippen molar-refractivity contribution in [3.05, 3.63) is 92.0 Å². The fraction of sp³-hybridized carbons (Fsp3) is 0.0476. The van der Waals surface area contributed by atoms with Crippen molar-refractivity contribution < 1.29 is 19.1 Å². The molecule has 0 aliphatic rings. The van der Waals surface area contributed by atoms with Gasteiger partial charge in [-0.15, -0.1) is 0 Å². The Balaban J connectivity index is 1.60. The molecule has 0 aliphatic heterocycles. The van der Waals surface area contributed by atoms with E-state index in [9.17, 15) is 25.0 Å². The summed E-state index contributed by atoms with van der Waals surface area (Å²) in [5, 5.41) is 24.9. The van der Waals surface area contributed by atoms with Crippen LogP contribution in [0.1, 0.15) is 15.9 Å². The molecule has 0 saturated heterocycles. The van der Waals surface area contributed by atoms with E-state index in [1.54, 1.807) is 30.3 Å². The zero-order valence-electron chi connectivity index (χ0n) is 16.1. The van der Waals surface area contributed by atoms with Gasteiger partial charge in [-0.1, -0.05) is 12.1 Å². The minimum Gasteiger partial charge on any atom is -0.436 e. The van der Waals surface area contributed by atoms with Gasteiger partial charge in [0, 0.05) is 22.9 Å². The average molecular weight is 418 g/mol. The summed E-state index contributed by atoms with van der Waals surface area (Å²) in [6.07, 6.45) is 0. The number of nitro groups is 2. The van der Waals surface area contributed by atoms with Gasteiger partial charge in [-0.05, 0) is 43.3 Å². The quantitative estimate of drug-likeness (QED) is 0.360. The number of fused-ring (bicyclic) bond motifs is 1. The molecule has 0 radical (unpaired) electrons. The molecule has 4 aromatic rings. The molecule has 0 atom stereocenters. The van der Waals surface area contributed by atoms with Gasteiger partial charge in [0.25, 0.3) is 17.3 Å². The van der Waals surface area contributed by atoms with Crippen LogP contribution in [-0.2, 0) is 0 Å². The van der Waals surface area contributed by atoms with Gasteiger partial charge in [0.15, 0.2) is 5.58 Å². The largest absolute Gasteiger partial charge is 0.436 e. The Morgan fingerprint density at radius 1 is 1.00 bits per heavy atom. The Morgan fingerprint density at radius 3 is 2.35 bits per heavy atom. The highest BCUT2D eigenvalue weighted by Crippen LogP contribution is 2.29. The molecule has 0 fully saturated rings. The van der Waals surface area contributed by atoms with Gasteiger partial charge in [0.05, 0.1) is 21.5 Å². The summed E-state index contributed by atoms with van der Waals surface area (Å²) in [4.78, 5) is 37.8. The van der Waals surface area contributed by atoms with Crippen molar-refractivity contribution in [2.45, 2.75) is 6.92 Å². The first-order valence-electron chi connectivity index (χ1n) is 9.04. The second-order valence-corrected chi connectivity index (χ2v) is 6.67. The van der Waals surface area contributed by atoms with Gasteiger partial charge in [-0.3, -0.25) is 25.0 Å². The molecule has 0 spiro atoms. The summed E-state index contributed by atoms with van der Waals surface area (Å²) < 4.78 is 5.71. The Hall–Kier alpha value is -4.60. The third kappa shape index (κ3) is 3.81. The first kappa shape index (κ1) is 19.7. The molecule has 1 heterocycles. The molecule has 31 heavy (non-hydrogen) atoms. The van der Waals surface area contributed by atoms with Crippen LogP contribution in [0.5, 0.6) is 0 Å². The second kappa shape index (κ2) is 7.67. The van der Waals surface area contributed by atoms with E-state index in [4.69, 9.17) is 4.42 Å². The van der Waals surface area contributed by atoms with Crippen LogP contribution in [0.25, 0.3) is 22.6 Å². The lowest BCUT2D eigenvalue weighted by atomic mass is 10.0. The summed E-state index contributed by atoms with van der Waals surface area (Å²) >= 11 is 0. The fourth-order valence-corrected chi connectivity index (χ4v) is 3.11. The normalized spacial score (nSPS) is 10.7. The maximum atomic E-state index is 12.7. The molecule has 154 valence electrons. The summed E-state index contributed by atoms with van der Waals surface area (Å²) in [6.45, 7) is 1.37. The predicted molar refractivity (Wildman–Crippen MR) is 112 cm³/mol. The fourth-order valence-electron chi connectivity index (χ4n) is 3.11. The van der Waals surface area contributed by atoms with Crippen LogP contribution in [-0.4, -0.2) is 20.7 Å². The molecule has 0 bridgehead atoms. The highest BCUT2D eigenvalue weighted by molar-refractivity contribution is 6.06. The number of benzene rings is 3. The van der Waals surface area contributed by atoms with Gasteiger partial charge < -0.3 is 9.73 Å². The number of nitrogens with one attached hydrogen (secondary N) is 1. The van der Waals surface area contributed by atoms with Crippen molar-refractivity contribution in [3.63, 3.8) is 0 Å². The Morgan fingerprint density at radius 2 is 1.71 bits per heavy atom. The summed E-state index contributed by atoms with van der Waals surface area (Å²) in [7, 11) is 0. The van der Waals surface area contributed by atoms with Gasteiger partial charge in [-0.2, -0.15) is 0 Å². The first-order valence-corrected chi connectivity index (χ1v) is 9.04. The molecule has 1 aromatic heterocycles. The Labute approximate surface area is 174 Å². The van der Waals surface area contributed by atoms with Crippen LogP contribution in [0.2, 0.25) is 0 Å². The molecule has 4 rings (SSSR count). The number of rotatable bonds is 5. The number of carbonyl (C=O) groups is 1. The van der Waals surface area contributed by atoms with E-state index in [-0.39, 0.29) is 11.1 Å². The van der Waals surface area contributed by atoms with Crippen molar-refractivity contribution in [2.24, 2.45) is 0 Å². The SMILES string of the molecule is Cc1c(C(=O)Nc2ccc(-c3nc4ccccc4o3)cc2)cc([N+](=O)[O-])cc1[N+](=O)[O-]. The van der Waals surface area contributed by atoms with Crippen molar-refractivity contribution >= 4 is 34.1 Å². The van der Waals surface area contributed by atoms with E-state index in [1.165, 1.54) is 6.92 Å². The van der Waals surface area contributed by atoms with Crippen LogP contribution in [0.15, 0.2) is 65.1 Å². The molecule has 10 heteroatoms. The van der Waals surface area contributed by atoms with E-state index < -0.39 is 27.1 Å². The highest BCUT2D eigenvalue weighted by Gasteiger charge is 2.24. The summed E-state index contributed by atoms with van der Waals surface area (Å²) in [6, 6.07) is 15.8. The number of nitrogens with zero attached hydrogens (tertiary/aromatic N) is 3. The average Bonchev–Trinajstić information content (AvgIpc) is 3.18. The lowest BCUT2D eigenvalue weighted by Gasteiger charge is -2.08. The van der Waals surface area contributed by atoms with Crippen LogP contribution < -0.4 is 5.32 Å². The smallest absolute Gasteiger partial charge is 0.279 e. The van der Waals surface area contributed by atoms with E-state index in [0.29, 0.717) is 22.7 Å². The molecular formula is C21H14N4O6. The first-order chi connectivity index (χ1) is 14.8. The maximum absolute atomic E-state index is 12.7. The minimum absolute atomic E-state index is 0.0381. The summed E-state index contributed by atoms with van der Waals surface area (Å²) in [5.74, 6) is -0.275. The van der Waals surface area contributed by atoms with Crippen molar-refractivity contribution in [1.29, 1.82) is 0 Å². The van der Waals surface area contributed by atoms with Crippen molar-refractivity contribution in [1.82, 2.24) is 4.98 Å². The molecule has 0 aliphatic carbocycles. The topological polar surface area (TPSA) is 141 Å². The number of aromatic nitrogens is 1. The van der Waals surface area contributed by atoms with Gasteiger partial charge in [0.2, 0.25) is 5.89 Å². The van der Waals surface area contributed by atoms with Crippen molar-refractivity contribution in [3.8, 4) is 11.5 Å². The predicted octanol–water partition coefficient (Wildman–Crippen LogP) is 4.87. The Kier molecular flexibility index (Phi) is 4.88. The van der Waals surface area contributed by atoms with E-state index in [1.807, 2.05) is 18.2 Å². The number of non-ortho nitro benzene ring substituents is 1. The maximum Gasteiger partial charge on any atom is 0.279 e. The molecule has 1 amide bonds. The lowest BCUT2D eigenvalue weighted by molar-refractivity contribution is -0.394. The van der Waals surface area contributed by atoms with E-state index in [0.717, 1.165) is 17.6 Å². The molecule has 0 unspecified atom stereocenters. The lowest BCUT2D eigenvalue weighted by Crippen LogP contribution is -2.14. The van der Waals surface area contributed by atoms with Gasteiger partial charge >= 0.3 is 0 Å². The standard InChI is InChI=1S/C21H14N4O6/c1-12-16(10-15(24(27)28)11-18(12)25(29)30)20(26)22-14-8-6-13(7-9-14)21-23-17-4-2-3-5-19(17)31-21/h2-11H,1H3,(H,22,26). The highest BCUT2D eigenvalue weighted by atomic mass is 16.6. The monoisotopic (exact) mass is 418 g/mol. The molecule has 0 saturated carbocycles. The minimum atomic E-state index is -0.779. The molecule has 10 nitrogen and oxygen atoms in total. The zero-order valence-corrected chi connectivity index (χ0v) is 16.1. The van der Waals surface area contributed by atoms with Gasteiger partial charge in [0.1, 0.15) is 5.52 Å². The van der Waals surface area contributed by atoms with Crippen LogP contribution in [0.3, 0.4) is 0 Å².